The number of carboxylic acids is 1. The van der Waals surface area contributed by atoms with Gasteiger partial charge in [-0.15, -0.1) is 0 Å². The number of anilines is 3. The highest BCUT2D eigenvalue weighted by molar-refractivity contribution is 6.38. The van der Waals surface area contributed by atoms with Gasteiger partial charge in [0.2, 0.25) is 17.6 Å². The monoisotopic (exact) mass is 1160 g/mol. The zero-order valence-corrected chi connectivity index (χ0v) is 49.8. The van der Waals surface area contributed by atoms with Crippen molar-refractivity contribution in [3.05, 3.63) is 95.3 Å². The molecule has 84 heavy (non-hydrogen) atoms. The zero-order chi connectivity index (χ0) is 61.5. The second-order valence-corrected chi connectivity index (χ2v) is 23.5. The molecule has 1 saturated heterocycles. The Hall–Kier alpha value is -8.63. The van der Waals surface area contributed by atoms with Crippen molar-refractivity contribution in [2.24, 2.45) is 16.2 Å². The molecule has 23 nitrogen and oxygen atoms in total. The molecule has 6 rings (SSSR count). The number of carboxylic acid groups (broad SMARTS) is 1. The molecule has 0 radical (unpaired) electrons. The molecule has 1 aliphatic rings. The van der Waals surface area contributed by atoms with Crippen molar-refractivity contribution in [3.8, 4) is 17.2 Å². The van der Waals surface area contributed by atoms with Gasteiger partial charge in [-0.25, -0.2) is 19.6 Å². The van der Waals surface area contributed by atoms with Crippen LogP contribution in [0.25, 0.3) is 11.2 Å². The number of nitrogens with two attached hydrogens (primary N) is 2. The second-order valence-electron chi connectivity index (χ2n) is 23.5. The average molecular weight is 1160 g/mol. The lowest BCUT2D eigenvalue weighted by atomic mass is 9.75. The number of carbonyl (C=O) groups excluding carboxylic acids is 6. The molecule has 0 spiro atoms. The number of carbonyl (C=O) groups is 7. The molecule has 3 atom stereocenters. The molecule has 0 aliphatic carbocycles. The molecule has 1 aliphatic heterocycles. The Bertz CT molecular complexity index is 3170. The van der Waals surface area contributed by atoms with Crippen molar-refractivity contribution in [2.45, 2.75) is 131 Å². The minimum atomic E-state index is -1.33. The van der Waals surface area contributed by atoms with E-state index in [1.165, 1.54) is 4.90 Å². The molecule has 2 aromatic heterocycles. The fraction of sp³-hybridized carbons (Fsp3) is 0.492. The van der Waals surface area contributed by atoms with Gasteiger partial charge in [0, 0.05) is 49.8 Å². The van der Waals surface area contributed by atoms with Gasteiger partial charge >= 0.3 is 11.9 Å². The van der Waals surface area contributed by atoms with E-state index >= 15 is 0 Å². The molecule has 4 amide bonds. The first-order valence-corrected chi connectivity index (χ1v) is 28.1. The topological polar surface area (TPSA) is 323 Å². The molecule has 0 unspecified atom stereocenters. The fourth-order valence-electron chi connectivity index (χ4n) is 10.1. The lowest BCUT2D eigenvalue weighted by Gasteiger charge is -2.36. The highest BCUT2D eigenvalue weighted by Gasteiger charge is 2.41. The van der Waals surface area contributed by atoms with Crippen molar-refractivity contribution >= 4 is 70.0 Å². The fourth-order valence-corrected chi connectivity index (χ4v) is 10.1. The summed E-state index contributed by atoms with van der Waals surface area (Å²) in [7, 11) is 4.93. The van der Waals surface area contributed by atoms with Gasteiger partial charge < -0.3 is 61.3 Å². The van der Waals surface area contributed by atoms with Crippen LogP contribution in [0.5, 0.6) is 17.2 Å². The summed E-state index contributed by atoms with van der Waals surface area (Å²) in [5, 5.41) is 18.4. The Labute approximate surface area is 490 Å². The minimum Gasteiger partial charge on any atom is -0.493 e. The Morgan fingerprint density at radius 2 is 1.52 bits per heavy atom. The predicted molar refractivity (Wildman–Crippen MR) is 316 cm³/mol. The number of esters is 1. The van der Waals surface area contributed by atoms with E-state index in [4.69, 9.17) is 30.4 Å². The minimum absolute atomic E-state index is 0.00448. The molecule has 23 heteroatoms. The number of hydrogen-bond acceptors (Lipinski definition) is 18. The van der Waals surface area contributed by atoms with Crippen LogP contribution in [0.3, 0.4) is 0 Å². The van der Waals surface area contributed by atoms with Crippen molar-refractivity contribution in [2.75, 3.05) is 63.9 Å². The summed E-state index contributed by atoms with van der Waals surface area (Å²) >= 11 is 0. The van der Waals surface area contributed by atoms with Gasteiger partial charge in [0.25, 0.3) is 17.7 Å². The smallest absolute Gasteiger partial charge is 0.329 e. The standard InChI is InChI=1S/C61H81N11O12/c1-11-61(6,7)51(75)55(77)72-28-13-12-17-44(72)57(80)84-45(25-18-37-19-26-46(81-9)47(29-37)82-10)39-15-14-16-42(30-39)83-33-49(74)66-36-60(4,5)34-59(2,3)35-65-48(73)27-24-43(56(78)79)68-54(76)38-20-22-41(23-21-38)71(8)32-40-31-64-53-50(67-40)52(62)69-58(63)70-53/h14-16,19-23,26,29-31,43-45H,11-13,17-18,24-25,27-28,32-36H2,1-10H3,(H,65,73)(H,66,74)(H,68,76)(H,78,79)(H4,62,63,64,69,70)/t43-,44-,45+/m0/s1. The van der Waals surface area contributed by atoms with Crippen LogP contribution in [-0.2, 0) is 46.5 Å². The van der Waals surface area contributed by atoms with Gasteiger partial charge in [-0.3, -0.25) is 24.0 Å². The van der Waals surface area contributed by atoms with Gasteiger partial charge in [-0.05, 0) is 122 Å². The number of aromatic nitrogens is 4. The van der Waals surface area contributed by atoms with Crippen molar-refractivity contribution in [3.63, 3.8) is 0 Å². The molecule has 5 aromatic rings. The number of ketones is 1. The summed E-state index contributed by atoms with van der Waals surface area (Å²) in [4.78, 5) is 113. The number of piperidine rings is 1. The van der Waals surface area contributed by atoms with Crippen LogP contribution < -0.4 is 46.5 Å². The van der Waals surface area contributed by atoms with E-state index in [9.17, 15) is 38.7 Å². The normalized spacial score (nSPS) is 14.4. The highest BCUT2D eigenvalue weighted by Crippen LogP contribution is 2.35. The summed E-state index contributed by atoms with van der Waals surface area (Å²) in [6.45, 7) is 14.1. The first-order chi connectivity index (χ1) is 39.7. The number of nitrogen functional groups attached to an aromatic ring is 2. The molecule has 3 heterocycles. The third kappa shape index (κ3) is 17.9. The number of amides is 4. The van der Waals surface area contributed by atoms with Gasteiger partial charge in [0.15, 0.2) is 35.1 Å². The Morgan fingerprint density at radius 3 is 2.19 bits per heavy atom. The number of methoxy groups -OCH3 is 2. The predicted octanol–water partition coefficient (Wildman–Crippen LogP) is 6.56. The van der Waals surface area contributed by atoms with E-state index in [-0.39, 0.29) is 73.9 Å². The van der Waals surface area contributed by atoms with Gasteiger partial charge in [-0.1, -0.05) is 66.7 Å². The maximum atomic E-state index is 14.1. The second kappa shape index (κ2) is 28.6. The number of aliphatic carboxylic acids is 1. The van der Waals surface area contributed by atoms with Crippen molar-refractivity contribution in [1.82, 2.24) is 40.8 Å². The first-order valence-electron chi connectivity index (χ1n) is 28.1. The van der Waals surface area contributed by atoms with Crippen LogP contribution in [0, 0.1) is 16.2 Å². The Morgan fingerprint density at radius 1 is 0.833 bits per heavy atom. The maximum absolute atomic E-state index is 14.1. The third-order valence-electron chi connectivity index (χ3n) is 14.9. The van der Waals surface area contributed by atoms with E-state index in [2.05, 4.69) is 35.9 Å². The summed E-state index contributed by atoms with van der Waals surface area (Å²) in [6.07, 6.45) is 3.99. The maximum Gasteiger partial charge on any atom is 0.329 e. The van der Waals surface area contributed by atoms with E-state index in [1.807, 2.05) is 58.7 Å². The summed E-state index contributed by atoms with van der Waals surface area (Å²) in [5.74, 6) is -2.90. The summed E-state index contributed by atoms with van der Waals surface area (Å²) < 4.78 is 23.2. The molecule has 8 N–H and O–H groups in total. The van der Waals surface area contributed by atoms with Crippen molar-refractivity contribution < 1.29 is 57.6 Å². The van der Waals surface area contributed by atoms with Gasteiger partial charge in [0.1, 0.15) is 23.9 Å². The molecule has 452 valence electrons. The number of ether oxygens (including phenoxy) is 4. The van der Waals surface area contributed by atoms with Crippen LogP contribution in [0.1, 0.15) is 133 Å². The summed E-state index contributed by atoms with van der Waals surface area (Å²) in [6, 6.07) is 16.8. The van der Waals surface area contributed by atoms with E-state index in [0.717, 1.165) is 11.3 Å². The van der Waals surface area contributed by atoms with E-state index in [1.54, 1.807) is 88.9 Å². The number of aryl methyl sites for hydroxylation is 1. The SMILES string of the molecule is CCC(C)(C)C(=O)C(=O)N1CCCC[C@H]1C(=O)O[C@H](CCc1ccc(OC)c(OC)c1)c1cccc(OCC(=O)NCC(C)(C)CC(C)(C)CNC(=O)CC[C@H](NC(=O)c2ccc(N(C)Cc3cnc4nc(N)nc(N)c4n3)cc2)C(=O)O)c1. The quantitative estimate of drug-likeness (QED) is 0.0218. The van der Waals surface area contributed by atoms with E-state index in [0.29, 0.717) is 85.5 Å². The number of benzene rings is 3. The van der Waals surface area contributed by atoms with Crippen LogP contribution in [0.15, 0.2) is 72.9 Å². The molecule has 3 aromatic carbocycles. The largest absolute Gasteiger partial charge is 0.493 e. The zero-order valence-electron chi connectivity index (χ0n) is 49.8. The number of nitrogens with one attached hydrogen (secondary N) is 3. The molecular weight excluding hydrogens is 1080 g/mol. The summed E-state index contributed by atoms with van der Waals surface area (Å²) in [5.41, 5.74) is 13.5. The number of fused-ring (bicyclic) bond motifs is 1. The van der Waals surface area contributed by atoms with Crippen molar-refractivity contribution in [1.29, 1.82) is 0 Å². The van der Waals surface area contributed by atoms with E-state index < -0.39 is 64.0 Å². The lowest BCUT2D eigenvalue weighted by Crippen LogP contribution is -2.53. The Balaban J connectivity index is 0.976. The number of nitrogens with zero attached hydrogens (tertiary/aromatic N) is 6. The van der Waals surface area contributed by atoms with Gasteiger partial charge in [-0.2, -0.15) is 9.97 Å². The number of Topliss-reactive ketones (excluding diaryl/α,β-unsaturated/α-hetero) is 1. The van der Waals surface area contributed by atoms with Crippen LogP contribution >= 0.6 is 0 Å². The van der Waals surface area contributed by atoms with Crippen LogP contribution in [0.4, 0.5) is 17.5 Å². The van der Waals surface area contributed by atoms with Crippen LogP contribution in [0.2, 0.25) is 0 Å². The lowest BCUT2D eigenvalue weighted by molar-refractivity contribution is -0.164. The highest BCUT2D eigenvalue weighted by atomic mass is 16.5. The molecule has 1 fully saturated rings. The molecule has 0 bridgehead atoms. The number of hydrogen-bond donors (Lipinski definition) is 6. The average Bonchev–Trinajstić information content (AvgIpc) is 2.84. The van der Waals surface area contributed by atoms with Gasteiger partial charge in [0.05, 0.1) is 32.7 Å². The Kier molecular flexibility index (Phi) is 22.0. The number of likely N-dealkylation sites (tertiary alicyclic amines) is 1. The number of rotatable bonds is 29. The van der Waals surface area contributed by atoms with Crippen LogP contribution in [-0.4, -0.2) is 131 Å². The molecular formula is C61H81N11O12. The molecule has 0 saturated carbocycles. The third-order valence-corrected chi connectivity index (χ3v) is 14.9. The first kappa shape index (κ1) is 64.5.